The molecule has 0 aromatic heterocycles. The van der Waals surface area contributed by atoms with E-state index in [0.717, 1.165) is 25.7 Å². The molecule has 1 fully saturated rings. The largest absolute Gasteiger partial charge is 0.479 e. The van der Waals surface area contributed by atoms with Crippen molar-refractivity contribution in [1.29, 1.82) is 0 Å². The third-order valence-corrected chi connectivity index (χ3v) is 4.19. The molecule has 0 aromatic carbocycles. The normalized spacial score (nSPS) is 32.7. The molecule has 0 saturated heterocycles. The van der Waals surface area contributed by atoms with E-state index >= 15 is 0 Å². The highest BCUT2D eigenvalue weighted by atomic mass is 16.4. The first kappa shape index (κ1) is 13.5. The van der Waals surface area contributed by atoms with Gasteiger partial charge in [-0.2, -0.15) is 0 Å². The molecule has 0 amide bonds. The van der Waals surface area contributed by atoms with Crippen LogP contribution in [0.1, 0.15) is 39.5 Å². The quantitative estimate of drug-likeness (QED) is 0.677. The second kappa shape index (κ2) is 5.15. The molecule has 4 heteroatoms. The highest BCUT2D eigenvalue weighted by molar-refractivity contribution is 5.73. The molecule has 4 nitrogen and oxygen atoms in total. The summed E-state index contributed by atoms with van der Waals surface area (Å²) in [6, 6.07) is 0. The number of carboxylic acid groups (broad SMARTS) is 1. The zero-order valence-electron chi connectivity index (χ0n) is 10.1. The Balaban J connectivity index is 2.68. The monoisotopic (exact) mass is 229 g/mol. The van der Waals surface area contributed by atoms with Gasteiger partial charge < -0.3 is 15.9 Å². The van der Waals surface area contributed by atoms with Crippen LogP contribution in [-0.4, -0.2) is 28.8 Å². The van der Waals surface area contributed by atoms with Gasteiger partial charge >= 0.3 is 5.97 Å². The fourth-order valence-corrected chi connectivity index (χ4v) is 2.73. The average Bonchev–Trinajstić information content (AvgIpc) is 2.27. The molecule has 1 atom stereocenters. The minimum Gasteiger partial charge on any atom is -0.479 e. The molecule has 1 rings (SSSR count). The summed E-state index contributed by atoms with van der Waals surface area (Å²) >= 11 is 0. The summed E-state index contributed by atoms with van der Waals surface area (Å²) in [6.45, 7) is 4.63. The average molecular weight is 229 g/mol. The number of aliphatic carboxylic acids is 1. The lowest BCUT2D eigenvalue weighted by Gasteiger charge is -2.42. The van der Waals surface area contributed by atoms with Crippen molar-refractivity contribution in [2.75, 3.05) is 6.54 Å². The van der Waals surface area contributed by atoms with Crippen LogP contribution in [0.3, 0.4) is 0 Å². The summed E-state index contributed by atoms with van der Waals surface area (Å²) in [5.74, 6) is 0.117. The predicted octanol–water partition coefficient (Wildman–Crippen LogP) is 1.22. The first-order valence-corrected chi connectivity index (χ1v) is 6.04. The molecule has 4 N–H and O–H groups in total. The van der Waals surface area contributed by atoms with Gasteiger partial charge in [0, 0.05) is 12.0 Å². The Morgan fingerprint density at radius 1 is 1.44 bits per heavy atom. The molecule has 0 bridgehead atoms. The van der Waals surface area contributed by atoms with Crippen LogP contribution < -0.4 is 5.73 Å². The van der Waals surface area contributed by atoms with Crippen molar-refractivity contribution in [2.24, 2.45) is 23.0 Å². The number of aliphatic hydroxyl groups is 1. The van der Waals surface area contributed by atoms with Crippen LogP contribution in [0.25, 0.3) is 0 Å². The van der Waals surface area contributed by atoms with Gasteiger partial charge in [0.25, 0.3) is 0 Å². The maximum Gasteiger partial charge on any atom is 0.333 e. The van der Waals surface area contributed by atoms with Crippen molar-refractivity contribution in [3.05, 3.63) is 0 Å². The Morgan fingerprint density at radius 3 is 2.25 bits per heavy atom. The van der Waals surface area contributed by atoms with Crippen LogP contribution in [0.15, 0.2) is 0 Å². The van der Waals surface area contributed by atoms with E-state index in [-0.39, 0.29) is 6.54 Å². The molecule has 0 spiro atoms. The Hall–Kier alpha value is -0.610. The van der Waals surface area contributed by atoms with Crippen LogP contribution in [0, 0.1) is 17.3 Å². The molecular formula is C12H23NO3. The molecule has 16 heavy (non-hydrogen) atoms. The molecule has 1 unspecified atom stereocenters. The standard InChI is InChI=1S/C12H23NO3/c1-8(2)9-3-5-12(7-13,6-4-9)10(14)11(15)16/h8-10,14H,3-7,13H2,1-2H3,(H,15,16). The lowest BCUT2D eigenvalue weighted by molar-refractivity contribution is -0.156. The SMILES string of the molecule is CC(C)C1CCC(CN)(C(O)C(=O)O)CC1. The van der Waals surface area contributed by atoms with E-state index < -0.39 is 17.5 Å². The summed E-state index contributed by atoms with van der Waals surface area (Å²) in [6.07, 6.45) is 2.07. The molecule has 94 valence electrons. The zero-order valence-corrected chi connectivity index (χ0v) is 10.1. The third kappa shape index (κ3) is 2.55. The first-order chi connectivity index (χ1) is 7.43. The van der Waals surface area contributed by atoms with Crippen LogP contribution >= 0.6 is 0 Å². The second-order valence-corrected chi connectivity index (χ2v) is 5.39. The maximum absolute atomic E-state index is 10.9. The number of hydrogen-bond donors (Lipinski definition) is 3. The minimum atomic E-state index is -1.31. The number of hydrogen-bond acceptors (Lipinski definition) is 3. The highest BCUT2D eigenvalue weighted by Gasteiger charge is 2.44. The molecule has 0 radical (unpaired) electrons. The van der Waals surface area contributed by atoms with Crippen molar-refractivity contribution >= 4 is 5.97 Å². The molecule has 1 aliphatic carbocycles. The molecule has 1 aliphatic rings. The van der Waals surface area contributed by atoms with Crippen molar-refractivity contribution in [3.8, 4) is 0 Å². The molecule has 1 saturated carbocycles. The van der Waals surface area contributed by atoms with Crippen LogP contribution in [-0.2, 0) is 4.79 Å². The van der Waals surface area contributed by atoms with Gasteiger partial charge in [-0.15, -0.1) is 0 Å². The van der Waals surface area contributed by atoms with Crippen molar-refractivity contribution < 1.29 is 15.0 Å². The fraction of sp³-hybridized carbons (Fsp3) is 0.917. The van der Waals surface area contributed by atoms with E-state index in [0.29, 0.717) is 11.8 Å². The van der Waals surface area contributed by atoms with E-state index in [2.05, 4.69) is 13.8 Å². The van der Waals surface area contributed by atoms with Gasteiger partial charge in [0.15, 0.2) is 6.10 Å². The van der Waals surface area contributed by atoms with Crippen LogP contribution in [0.4, 0.5) is 0 Å². The molecule has 0 heterocycles. The van der Waals surface area contributed by atoms with Gasteiger partial charge in [0.1, 0.15) is 0 Å². The van der Waals surface area contributed by atoms with Gasteiger partial charge in [-0.1, -0.05) is 13.8 Å². The van der Waals surface area contributed by atoms with Crippen molar-refractivity contribution in [3.63, 3.8) is 0 Å². The molecule has 0 aromatic rings. The number of carboxylic acids is 1. The Morgan fingerprint density at radius 2 is 1.94 bits per heavy atom. The van der Waals surface area contributed by atoms with E-state index in [1.54, 1.807) is 0 Å². The summed E-state index contributed by atoms with van der Waals surface area (Å²) in [4.78, 5) is 10.9. The first-order valence-electron chi connectivity index (χ1n) is 6.04. The smallest absolute Gasteiger partial charge is 0.333 e. The van der Waals surface area contributed by atoms with Gasteiger partial charge in [0.2, 0.25) is 0 Å². The van der Waals surface area contributed by atoms with E-state index in [4.69, 9.17) is 10.8 Å². The topological polar surface area (TPSA) is 83.5 Å². The van der Waals surface area contributed by atoms with Crippen LogP contribution in [0.2, 0.25) is 0 Å². The van der Waals surface area contributed by atoms with E-state index in [1.165, 1.54) is 0 Å². The number of aliphatic hydroxyl groups excluding tert-OH is 1. The van der Waals surface area contributed by atoms with Gasteiger partial charge in [0.05, 0.1) is 0 Å². The third-order valence-electron chi connectivity index (χ3n) is 4.19. The van der Waals surface area contributed by atoms with Gasteiger partial charge in [-0.25, -0.2) is 4.79 Å². The van der Waals surface area contributed by atoms with Gasteiger partial charge in [-0.3, -0.25) is 0 Å². The number of carbonyl (C=O) groups is 1. The van der Waals surface area contributed by atoms with Crippen LogP contribution in [0.5, 0.6) is 0 Å². The fourth-order valence-electron chi connectivity index (χ4n) is 2.73. The lowest BCUT2D eigenvalue weighted by atomic mass is 9.65. The van der Waals surface area contributed by atoms with E-state index in [9.17, 15) is 9.90 Å². The minimum absolute atomic E-state index is 0.255. The molecule has 0 aliphatic heterocycles. The van der Waals surface area contributed by atoms with Crippen molar-refractivity contribution in [2.45, 2.75) is 45.6 Å². The maximum atomic E-state index is 10.9. The summed E-state index contributed by atoms with van der Waals surface area (Å²) in [5.41, 5.74) is 5.08. The predicted molar refractivity (Wildman–Crippen MR) is 61.9 cm³/mol. The zero-order chi connectivity index (χ0) is 12.3. The second-order valence-electron chi connectivity index (χ2n) is 5.39. The summed E-state index contributed by atoms with van der Waals surface area (Å²) in [5, 5.41) is 18.6. The number of nitrogens with two attached hydrogens (primary N) is 1. The molecular weight excluding hydrogens is 206 g/mol. The Labute approximate surface area is 96.8 Å². The van der Waals surface area contributed by atoms with Crippen molar-refractivity contribution in [1.82, 2.24) is 0 Å². The Bertz CT molecular complexity index is 245. The lowest BCUT2D eigenvalue weighted by Crippen LogP contribution is -2.48. The summed E-state index contributed by atoms with van der Waals surface area (Å²) < 4.78 is 0. The highest BCUT2D eigenvalue weighted by Crippen LogP contribution is 2.43. The number of rotatable bonds is 4. The summed E-state index contributed by atoms with van der Waals surface area (Å²) in [7, 11) is 0. The van der Waals surface area contributed by atoms with Gasteiger partial charge in [-0.05, 0) is 37.5 Å². The van der Waals surface area contributed by atoms with E-state index in [1.807, 2.05) is 0 Å². The Kier molecular flexibility index (Phi) is 4.33.